The molecule has 0 saturated heterocycles. The quantitative estimate of drug-likeness (QED) is 0.843. The third kappa shape index (κ3) is 1.64. The Morgan fingerprint density at radius 3 is 2.44 bits per heavy atom. The number of nitrogen functional groups attached to an aromatic ring is 1. The lowest BCUT2D eigenvalue weighted by molar-refractivity contribution is 0.785. The van der Waals surface area contributed by atoms with Crippen LogP contribution in [0.4, 0.5) is 5.69 Å². The molecule has 0 amide bonds. The van der Waals surface area contributed by atoms with Crippen molar-refractivity contribution in [1.29, 1.82) is 0 Å². The van der Waals surface area contributed by atoms with E-state index in [-0.39, 0.29) is 0 Å². The van der Waals surface area contributed by atoms with Crippen LogP contribution in [0.3, 0.4) is 0 Å². The molecule has 2 heterocycles. The maximum absolute atomic E-state index is 6.04. The predicted octanol–water partition coefficient (Wildman–Crippen LogP) is 1.37. The maximum atomic E-state index is 6.04. The van der Waals surface area contributed by atoms with Gasteiger partial charge in [0.2, 0.25) is 0 Å². The minimum absolute atomic E-state index is 0.786. The van der Waals surface area contributed by atoms with Crippen molar-refractivity contribution in [3.8, 4) is 5.69 Å². The average molecular weight is 217 g/mol. The van der Waals surface area contributed by atoms with Crippen molar-refractivity contribution in [3.05, 3.63) is 30.1 Å². The first-order valence-electron chi connectivity index (χ1n) is 5.39. The Bertz CT molecular complexity index is 475. The van der Waals surface area contributed by atoms with Gasteiger partial charge in [0.1, 0.15) is 12.0 Å². The van der Waals surface area contributed by atoms with E-state index >= 15 is 0 Å². The largest absolute Gasteiger partial charge is 0.396 e. The Kier molecular flexibility index (Phi) is 2.85. The fraction of sp³-hybridized carbons (Fsp3) is 0.364. The van der Waals surface area contributed by atoms with Crippen LogP contribution in [0, 0.1) is 0 Å². The van der Waals surface area contributed by atoms with Crippen LogP contribution in [-0.4, -0.2) is 19.7 Å². The van der Waals surface area contributed by atoms with E-state index in [4.69, 9.17) is 5.73 Å². The second kappa shape index (κ2) is 4.30. The summed E-state index contributed by atoms with van der Waals surface area (Å²) < 4.78 is 1.83. The molecule has 2 N–H and O–H groups in total. The van der Waals surface area contributed by atoms with E-state index < -0.39 is 0 Å². The van der Waals surface area contributed by atoms with Gasteiger partial charge in [0.05, 0.1) is 29.5 Å². The minimum atomic E-state index is 0.786. The van der Waals surface area contributed by atoms with E-state index in [1.165, 1.54) is 6.33 Å². The number of aryl methyl sites for hydroxylation is 1. The monoisotopic (exact) mass is 217 g/mol. The molecule has 16 heavy (non-hydrogen) atoms. The van der Waals surface area contributed by atoms with Crippen molar-refractivity contribution in [2.24, 2.45) is 0 Å². The van der Waals surface area contributed by atoms with Crippen molar-refractivity contribution in [2.45, 2.75) is 26.7 Å². The number of hydrogen-bond donors (Lipinski definition) is 1. The van der Waals surface area contributed by atoms with Crippen LogP contribution in [0.5, 0.6) is 0 Å². The summed E-state index contributed by atoms with van der Waals surface area (Å²) in [6.07, 6.45) is 6.64. The van der Waals surface area contributed by atoms with Crippen LogP contribution in [0.15, 0.2) is 18.7 Å². The molecular formula is C11H15N5. The van der Waals surface area contributed by atoms with E-state index in [0.29, 0.717) is 0 Å². The van der Waals surface area contributed by atoms with Gasteiger partial charge in [-0.2, -0.15) is 5.10 Å². The maximum Gasteiger partial charge on any atom is 0.115 e. The Balaban J connectivity index is 2.57. The molecule has 0 aliphatic rings. The lowest BCUT2D eigenvalue weighted by atomic mass is 10.2. The highest BCUT2D eigenvalue weighted by Crippen LogP contribution is 2.21. The molecule has 84 valence electrons. The lowest BCUT2D eigenvalue weighted by Gasteiger charge is -2.04. The fourth-order valence-corrected chi connectivity index (χ4v) is 1.73. The molecule has 0 fully saturated rings. The highest BCUT2D eigenvalue weighted by Gasteiger charge is 2.13. The molecule has 0 saturated carbocycles. The van der Waals surface area contributed by atoms with Gasteiger partial charge < -0.3 is 5.73 Å². The second-order valence-electron chi connectivity index (χ2n) is 3.52. The molecule has 2 rings (SSSR count). The van der Waals surface area contributed by atoms with E-state index in [1.807, 2.05) is 11.6 Å². The van der Waals surface area contributed by atoms with E-state index in [0.717, 1.165) is 35.6 Å². The molecule has 0 radical (unpaired) electrons. The smallest absolute Gasteiger partial charge is 0.115 e. The minimum Gasteiger partial charge on any atom is -0.396 e. The molecule has 0 bridgehead atoms. The summed E-state index contributed by atoms with van der Waals surface area (Å²) in [5, 5.41) is 4.48. The van der Waals surface area contributed by atoms with Gasteiger partial charge in [0.15, 0.2) is 0 Å². The van der Waals surface area contributed by atoms with Gasteiger partial charge in [-0.05, 0) is 12.8 Å². The lowest BCUT2D eigenvalue weighted by Crippen LogP contribution is -2.03. The number of aromatic nitrogens is 4. The molecule has 2 aromatic rings. The number of hydrogen-bond acceptors (Lipinski definition) is 4. The van der Waals surface area contributed by atoms with Crippen molar-refractivity contribution in [3.63, 3.8) is 0 Å². The van der Waals surface area contributed by atoms with Crippen molar-refractivity contribution in [1.82, 2.24) is 19.7 Å². The first-order chi connectivity index (χ1) is 7.77. The average Bonchev–Trinajstić information content (AvgIpc) is 2.66. The van der Waals surface area contributed by atoms with E-state index in [1.54, 1.807) is 12.4 Å². The number of rotatable bonds is 3. The summed E-state index contributed by atoms with van der Waals surface area (Å²) in [5.41, 5.74) is 9.63. The SMILES string of the molecule is CCc1nn(-c2cncnc2)c(CC)c1N. The van der Waals surface area contributed by atoms with Crippen LogP contribution in [0.1, 0.15) is 25.2 Å². The number of anilines is 1. The zero-order chi connectivity index (χ0) is 11.5. The van der Waals surface area contributed by atoms with Crippen molar-refractivity contribution >= 4 is 5.69 Å². The van der Waals surface area contributed by atoms with Crippen molar-refractivity contribution in [2.75, 3.05) is 5.73 Å². The van der Waals surface area contributed by atoms with Crippen LogP contribution in [-0.2, 0) is 12.8 Å². The Morgan fingerprint density at radius 1 is 1.19 bits per heavy atom. The molecule has 0 unspecified atom stereocenters. The summed E-state index contributed by atoms with van der Waals surface area (Å²) in [4.78, 5) is 7.98. The zero-order valence-electron chi connectivity index (χ0n) is 9.51. The van der Waals surface area contributed by atoms with Gasteiger partial charge in [-0.15, -0.1) is 0 Å². The Morgan fingerprint density at radius 2 is 1.88 bits per heavy atom. The van der Waals surface area contributed by atoms with Gasteiger partial charge in [-0.25, -0.2) is 14.6 Å². The summed E-state index contributed by atoms with van der Waals surface area (Å²) in [6.45, 7) is 4.11. The molecule has 0 aliphatic heterocycles. The molecule has 5 nitrogen and oxygen atoms in total. The molecular weight excluding hydrogens is 202 g/mol. The zero-order valence-corrected chi connectivity index (χ0v) is 9.51. The van der Waals surface area contributed by atoms with Gasteiger partial charge >= 0.3 is 0 Å². The molecule has 5 heteroatoms. The number of nitrogens with two attached hydrogens (primary N) is 1. The topological polar surface area (TPSA) is 69.6 Å². The third-order valence-corrected chi connectivity index (χ3v) is 2.56. The summed E-state index contributed by atoms with van der Waals surface area (Å²) in [6, 6.07) is 0. The van der Waals surface area contributed by atoms with Crippen LogP contribution in [0.25, 0.3) is 5.69 Å². The van der Waals surface area contributed by atoms with Crippen LogP contribution < -0.4 is 5.73 Å². The van der Waals surface area contributed by atoms with E-state index in [2.05, 4.69) is 22.0 Å². The normalized spacial score (nSPS) is 10.6. The highest BCUT2D eigenvalue weighted by molar-refractivity contribution is 5.51. The summed E-state index contributed by atoms with van der Waals surface area (Å²) in [5.74, 6) is 0. The van der Waals surface area contributed by atoms with Gasteiger partial charge in [-0.1, -0.05) is 13.8 Å². The highest BCUT2D eigenvalue weighted by atomic mass is 15.3. The number of nitrogens with zero attached hydrogens (tertiary/aromatic N) is 4. The van der Waals surface area contributed by atoms with E-state index in [9.17, 15) is 0 Å². The van der Waals surface area contributed by atoms with Gasteiger partial charge in [0, 0.05) is 0 Å². The standard InChI is InChI=1S/C11H15N5/c1-3-9-11(12)10(4-2)16(15-9)8-5-13-7-14-6-8/h5-7H,3-4,12H2,1-2H3. The predicted molar refractivity (Wildman–Crippen MR) is 62.3 cm³/mol. The van der Waals surface area contributed by atoms with Gasteiger partial charge in [0.25, 0.3) is 0 Å². The molecule has 2 aromatic heterocycles. The Hall–Kier alpha value is -1.91. The first-order valence-corrected chi connectivity index (χ1v) is 5.39. The molecule has 0 aromatic carbocycles. The first kappa shape index (κ1) is 10.6. The van der Waals surface area contributed by atoms with Gasteiger partial charge in [-0.3, -0.25) is 0 Å². The summed E-state index contributed by atoms with van der Waals surface area (Å²) in [7, 11) is 0. The van der Waals surface area contributed by atoms with Crippen molar-refractivity contribution < 1.29 is 0 Å². The molecule has 0 atom stereocenters. The summed E-state index contributed by atoms with van der Waals surface area (Å²) >= 11 is 0. The Labute approximate surface area is 94.3 Å². The van der Waals surface area contributed by atoms with Crippen LogP contribution in [0.2, 0.25) is 0 Å². The second-order valence-corrected chi connectivity index (χ2v) is 3.52. The molecule has 0 spiro atoms. The third-order valence-electron chi connectivity index (χ3n) is 2.56. The molecule has 0 aliphatic carbocycles. The van der Waals surface area contributed by atoms with Crippen LogP contribution >= 0.6 is 0 Å². The fourth-order valence-electron chi connectivity index (χ4n) is 1.73.